The van der Waals surface area contributed by atoms with Gasteiger partial charge in [-0.1, -0.05) is 19.1 Å². The maximum absolute atomic E-state index is 3.50. The number of anilines is 1. The van der Waals surface area contributed by atoms with Crippen LogP contribution in [0.3, 0.4) is 0 Å². The van der Waals surface area contributed by atoms with Gasteiger partial charge in [0.15, 0.2) is 0 Å². The van der Waals surface area contributed by atoms with E-state index in [9.17, 15) is 0 Å². The fourth-order valence-electron chi connectivity index (χ4n) is 1.47. The molecule has 0 atom stereocenters. The number of thioether (sulfide) groups is 1. The van der Waals surface area contributed by atoms with Crippen molar-refractivity contribution in [2.45, 2.75) is 27.2 Å². The zero-order valence-electron chi connectivity index (χ0n) is 9.97. The van der Waals surface area contributed by atoms with Crippen LogP contribution < -0.4 is 5.32 Å². The van der Waals surface area contributed by atoms with Gasteiger partial charge in [-0.2, -0.15) is 11.8 Å². The van der Waals surface area contributed by atoms with Gasteiger partial charge in [-0.3, -0.25) is 0 Å². The predicted molar refractivity (Wildman–Crippen MR) is 72.0 cm³/mol. The highest BCUT2D eigenvalue weighted by Gasteiger charge is 1.97. The molecule has 1 aromatic carbocycles. The van der Waals surface area contributed by atoms with Crippen molar-refractivity contribution in [1.82, 2.24) is 0 Å². The lowest BCUT2D eigenvalue weighted by atomic mass is 10.1. The Bertz CT molecular complexity index is 297. The van der Waals surface area contributed by atoms with Crippen LogP contribution in [0.1, 0.15) is 24.5 Å². The van der Waals surface area contributed by atoms with Gasteiger partial charge in [0.1, 0.15) is 0 Å². The summed E-state index contributed by atoms with van der Waals surface area (Å²) in [6, 6.07) is 6.56. The van der Waals surface area contributed by atoms with Crippen LogP contribution in [0.2, 0.25) is 0 Å². The molecule has 1 nitrogen and oxygen atoms in total. The number of hydrogen-bond donors (Lipinski definition) is 1. The number of hydrogen-bond acceptors (Lipinski definition) is 2. The van der Waals surface area contributed by atoms with Gasteiger partial charge >= 0.3 is 0 Å². The van der Waals surface area contributed by atoms with Gasteiger partial charge in [0, 0.05) is 12.2 Å². The zero-order chi connectivity index (χ0) is 11.1. The molecular weight excluding hydrogens is 202 g/mol. The van der Waals surface area contributed by atoms with E-state index in [1.807, 2.05) is 11.8 Å². The van der Waals surface area contributed by atoms with Crippen LogP contribution in [-0.2, 0) is 0 Å². The van der Waals surface area contributed by atoms with Crippen LogP contribution in [0.15, 0.2) is 18.2 Å². The summed E-state index contributed by atoms with van der Waals surface area (Å²) in [7, 11) is 0. The van der Waals surface area contributed by atoms with Crippen molar-refractivity contribution in [3.63, 3.8) is 0 Å². The second-order valence-corrected chi connectivity index (χ2v) is 5.19. The van der Waals surface area contributed by atoms with Crippen LogP contribution in [0.4, 0.5) is 5.69 Å². The fourth-order valence-corrected chi connectivity index (χ4v) is 2.11. The number of benzene rings is 1. The lowest BCUT2D eigenvalue weighted by Crippen LogP contribution is -2.04. The molecule has 0 saturated carbocycles. The van der Waals surface area contributed by atoms with E-state index >= 15 is 0 Å². The summed E-state index contributed by atoms with van der Waals surface area (Å²) in [4.78, 5) is 0. The topological polar surface area (TPSA) is 12.0 Å². The monoisotopic (exact) mass is 223 g/mol. The molecule has 0 aliphatic heterocycles. The highest BCUT2D eigenvalue weighted by molar-refractivity contribution is 7.99. The largest absolute Gasteiger partial charge is 0.385 e. The maximum Gasteiger partial charge on any atom is 0.0372 e. The van der Waals surface area contributed by atoms with Gasteiger partial charge in [0.2, 0.25) is 0 Å². The second-order valence-electron chi connectivity index (χ2n) is 3.80. The minimum Gasteiger partial charge on any atom is -0.385 e. The first kappa shape index (κ1) is 12.4. The summed E-state index contributed by atoms with van der Waals surface area (Å²) in [6.07, 6.45) is 1.24. The molecule has 0 radical (unpaired) electrons. The van der Waals surface area contributed by atoms with Gasteiger partial charge in [0.25, 0.3) is 0 Å². The first-order valence-corrected chi connectivity index (χ1v) is 6.78. The Morgan fingerprint density at radius 1 is 1.27 bits per heavy atom. The molecule has 0 aliphatic carbocycles. The zero-order valence-corrected chi connectivity index (χ0v) is 10.8. The van der Waals surface area contributed by atoms with E-state index in [1.54, 1.807) is 0 Å². The number of nitrogens with one attached hydrogen (secondary N) is 1. The molecule has 0 bridgehead atoms. The van der Waals surface area contributed by atoms with E-state index in [1.165, 1.54) is 34.7 Å². The van der Waals surface area contributed by atoms with E-state index in [-0.39, 0.29) is 0 Å². The molecular formula is C13H21NS. The third kappa shape index (κ3) is 4.61. The van der Waals surface area contributed by atoms with E-state index in [2.05, 4.69) is 44.3 Å². The van der Waals surface area contributed by atoms with Gasteiger partial charge in [-0.15, -0.1) is 0 Å². The van der Waals surface area contributed by atoms with Crippen LogP contribution in [0, 0.1) is 13.8 Å². The fraction of sp³-hybridized carbons (Fsp3) is 0.538. The average Bonchev–Trinajstić information content (AvgIpc) is 2.23. The van der Waals surface area contributed by atoms with E-state index in [0.717, 1.165) is 6.54 Å². The summed E-state index contributed by atoms with van der Waals surface area (Å²) in [5, 5.41) is 3.50. The van der Waals surface area contributed by atoms with Crippen molar-refractivity contribution in [2.24, 2.45) is 0 Å². The molecule has 0 unspecified atom stereocenters. The number of rotatable bonds is 6. The normalized spacial score (nSPS) is 10.3. The summed E-state index contributed by atoms with van der Waals surface area (Å²) in [5.74, 6) is 2.48. The van der Waals surface area contributed by atoms with Gasteiger partial charge in [-0.25, -0.2) is 0 Å². The Balaban J connectivity index is 2.33. The standard InChI is InChI=1S/C13H21NS/c1-4-15-9-5-8-14-13-10-11(2)6-7-12(13)3/h6-7,10,14H,4-5,8-9H2,1-3H3. The van der Waals surface area contributed by atoms with E-state index in [4.69, 9.17) is 0 Å². The quantitative estimate of drug-likeness (QED) is 0.735. The van der Waals surface area contributed by atoms with Crippen LogP contribution >= 0.6 is 11.8 Å². The molecule has 0 spiro atoms. The molecule has 0 saturated heterocycles. The van der Waals surface area contributed by atoms with Gasteiger partial charge in [-0.05, 0) is 49.0 Å². The molecule has 0 aliphatic rings. The lowest BCUT2D eigenvalue weighted by Gasteiger charge is -2.10. The molecule has 15 heavy (non-hydrogen) atoms. The molecule has 0 aromatic heterocycles. The van der Waals surface area contributed by atoms with Crippen molar-refractivity contribution in [3.8, 4) is 0 Å². The maximum atomic E-state index is 3.50. The van der Waals surface area contributed by atoms with Crippen molar-refractivity contribution in [3.05, 3.63) is 29.3 Å². The minimum absolute atomic E-state index is 1.08. The van der Waals surface area contributed by atoms with Crippen molar-refractivity contribution in [1.29, 1.82) is 0 Å². The van der Waals surface area contributed by atoms with E-state index < -0.39 is 0 Å². The van der Waals surface area contributed by atoms with Crippen molar-refractivity contribution >= 4 is 17.4 Å². The SMILES string of the molecule is CCSCCCNc1cc(C)ccc1C. The first-order valence-electron chi connectivity index (χ1n) is 5.63. The average molecular weight is 223 g/mol. The third-order valence-electron chi connectivity index (χ3n) is 2.38. The van der Waals surface area contributed by atoms with Crippen LogP contribution in [0.5, 0.6) is 0 Å². The lowest BCUT2D eigenvalue weighted by molar-refractivity contribution is 0.989. The summed E-state index contributed by atoms with van der Waals surface area (Å²) in [5.41, 5.74) is 3.95. The van der Waals surface area contributed by atoms with Crippen molar-refractivity contribution in [2.75, 3.05) is 23.4 Å². The predicted octanol–water partition coefficient (Wildman–Crippen LogP) is 3.86. The molecule has 84 valence electrons. The van der Waals surface area contributed by atoms with E-state index in [0.29, 0.717) is 0 Å². The smallest absolute Gasteiger partial charge is 0.0372 e. The molecule has 1 N–H and O–H groups in total. The second kappa shape index (κ2) is 6.78. The van der Waals surface area contributed by atoms with Crippen molar-refractivity contribution < 1.29 is 0 Å². The Kier molecular flexibility index (Phi) is 5.62. The Morgan fingerprint density at radius 3 is 2.80 bits per heavy atom. The van der Waals surface area contributed by atoms with Gasteiger partial charge in [0.05, 0.1) is 0 Å². The first-order chi connectivity index (χ1) is 7.24. The summed E-state index contributed by atoms with van der Waals surface area (Å²) in [6.45, 7) is 7.58. The third-order valence-corrected chi connectivity index (χ3v) is 3.36. The molecule has 0 amide bonds. The summed E-state index contributed by atoms with van der Waals surface area (Å²) < 4.78 is 0. The molecule has 0 heterocycles. The van der Waals surface area contributed by atoms with Crippen LogP contribution in [0.25, 0.3) is 0 Å². The molecule has 1 aromatic rings. The molecule has 1 rings (SSSR count). The molecule has 0 fully saturated rings. The number of aryl methyl sites for hydroxylation is 2. The Labute approximate surface area is 97.7 Å². The highest BCUT2D eigenvalue weighted by atomic mass is 32.2. The van der Waals surface area contributed by atoms with Gasteiger partial charge < -0.3 is 5.32 Å². The Morgan fingerprint density at radius 2 is 2.07 bits per heavy atom. The Hall–Kier alpha value is -0.630. The molecule has 2 heteroatoms. The summed E-state index contributed by atoms with van der Waals surface area (Å²) >= 11 is 2.01. The highest BCUT2D eigenvalue weighted by Crippen LogP contribution is 2.16. The van der Waals surface area contributed by atoms with Crippen LogP contribution in [-0.4, -0.2) is 18.1 Å². The minimum atomic E-state index is 1.08.